The smallest absolute Gasteiger partial charge is 0.336 e. The molecule has 1 aliphatic heterocycles. The van der Waals surface area contributed by atoms with E-state index in [-0.39, 0.29) is 5.75 Å². The number of methoxy groups -OCH3 is 1. The van der Waals surface area contributed by atoms with Crippen molar-refractivity contribution < 1.29 is 14.3 Å². The highest BCUT2D eigenvalue weighted by Crippen LogP contribution is 2.29. The molecule has 0 unspecified atom stereocenters. The molecule has 2 heterocycles. The Labute approximate surface area is 157 Å². The Bertz CT molecular complexity index is 1010. The van der Waals surface area contributed by atoms with Gasteiger partial charge >= 0.3 is 5.63 Å². The van der Waals surface area contributed by atoms with E-state index in [9.17, 15) is 9.90 Å². The number of aromatic hydroxyl groups is 1. The fourth-order valence-electron chi connectivity index (χ4n) is 3.63. The summed E-state index contributed by atoms with van der Waals surface area (Å²) in [7, 11) is 1.69. The normalized spacial score (nSPS) is 15.2. The molecule has 0 atom stereocenters. The Hall–Kier alpha value is -2.99. The molecule has 0 aliphatic carbocycles. The van der Waals surface area contributed by atoms with E-state index in [1.807, 2.05) is 18.2 Å². The van der Waals surface area contributed by atoms with Crippen LogP contribution in [0, 0.1) is 0 Å². The third kappa shape index (κ3) is 3.61. The van der Waals surface area contributed by atoms with E-state index >= 15 is 0 Å². The van der Waals surface area contributed by atoms with Crippen molar-refractivity contribution in [3.63, 3.8) is 0 Å². The van der Waals surface area contributed by atoms with Gasteiger partial charge < -0.3 is 19.2 Å². The number of para-hydroxylation sites is 2. The first-order chi connectivity index (χ1) is 13.1. The van der Waals surface area contributed by atoms with Crippen molar-refractivity contribution in [2.45, 2.75) is 6.54 Å². The SMILES string of the molecule is COc1ccccc1N1CCN(Cc2cc(=O)oc3cc(O)ccc23)CC1. The standard InChI is InChI=1S/C21H22N2O4/c1-26-19-5-3-2-4-18(19)23-10-8-22(9-11-23)14-15-12-21(25)27-20-13-16(24)6-7-17(15)20/h2-7,12-13,24H,8-11,14H2,1H3. The molecule has 27 heavy (non-hydrogen) atoms. The molecule has 2 aromatic carbocycles. The second-order valence-electron chi connectivity index (χ2n) is 6.71. The van der Waals surface area contributed by atoms with Gasteiger partial charge in [-0.05, 0) is 29.8 Å². The number of phenols is 1. The largest absolute Gasteiger partial charge is 0.508 e. The first kappa shape index (κ1) is 17.4. The predicted molar refractivity (Wildman–Crippen MR) is 105 cm³/mol. The van der Waals surface area contributed by atoms with Crippen molar-refractivity contribution in [2.24, 2.45) is 0 Å². The van der Waals surface area contributed by atoms with Crippen LogP contribution in [0.25, 0.3) is 11.0 Å². The van der Waals surface area contributed by atoms with E-state index < -0.39 is 5.63 Å². The summed E-state index contributed by atoms with van der Waals surface area (Å²) in [6.07, 6.45) is 0. The summed E-state index contributed by atoms with van der Waals surface area (Å²) < 4.78 is 10.7. The first-order valence-corrected chi connectivity index (χ1v) is 9.00. The molecule has 0 radical (unpaired) electrons. The van der Waals surface area contributed by atoms with Gasteiger partial charge in [-0.15, -0.1) is 0 Å². The summed E-state index contributed by atoms with van der Waals surface area (Å²) in [4.78, 5) is 16.5. The lowest BCUT2D eigenvalue weighted by molar-refractivity contribution is 0.249. The summed E-state index contributed by atoms with van der Waals surface area (Å²) in [5, 5.41) is 10.5. The molecule has 1 N–H and O–H groups in total. The van der Waals surface area contributed by atoms with Gasteiger partial charge in [0.05, 0.1) is 12.8 Å². The fourth-order valence-corrected chi connectivity index (χ4v) is 3.63. The highest BCUT2D eigenvalue weighted by molar-refractivity contribution is 5.81. The molecule has 3 aromatic rings. The lowest BCUT2D eigenvalue weighted by atomic mass is 10.1. The van der Waals surface area contributed by atoms with Crippen LogP contribution in [-0.2, 0) is 6.54 Å². The van der Waals surface area contributed by atoms with E-state index in [0.29, 0.717) is 12.1 Å². The molecule has 1 saturated heterocycles. The van der Waals surface area contributed by atoms with E-state index in [2.05, 4.69) is 15.9 Å². The predicted octanol–water partition coefficient (Wildman–Crippen LogP) is 2.83. The Balaban J connectivity index is 1.50. The van der Waals surface area contributed by atoms with Gasteiger partial charge in [0.15, 0.2) is 0 Å². The van der Waals surface area contributed by atoms with Crippen LogP contribution in [-0.4, -0.2) is 43.3 Å². The van der Waals surface area contributed by atoms with Gasteiger partial charge in [-0.2, -0.15) is 0 Å². The molecule has 0 bridgehead atoms. The second-order valence-corrected chi connectivity index (χ2v) is 6.71. The number of nitrogens with zero attached hydrogens (tertiary/aromatic N) is 2. The zero-order valence-electron chi connectivity index (χ0n) is 15.2. The molecular formula is C21H22N2O4. The average Bonchev–Trinajstić information content (AvgIpc) is 2.68. The van der Waals surface area contributed by atoms with Gasteiger partial charge in [0.25, 0.3) is 0 Å². The van der Waals surface area contributed by atoms with Crippen LogP contribution >= 0.6 is 0 Å². The molecule has 6 nitrogen and oxygen atoms in total. The maximum absolute atomic E-state index is 11.9. The molecule has 140 valence electrons. The Morgan fingerprint density at radius 3 is 2.63 bits per heavy atom. The quantitative estimate of drug-likeness (QED) is 0.717. The minimum absolute atomic E-state index is 0.0909. The summed E-state index contributed by atoms with van der Waals surface area (Å²) in [5.41, 5.74) is 2.06. The molecular weight excluding hydrogens is 344 g/mol. The number of anilines is 1. The van der Waals surface area contributed by atoms with Crippen LogP contribution in [0.5, 0.6) is 11.5 Å². The van der Waals surface area contributed by atoms with Crippen LogP contribution in [0.15, 0.2) is 57.7 Å². The van der Waals surface area contributed by atoms with Gasteiger partial charge in [-0.3, -0.25) is 4.90 Å². The lowest BCUT2D eigenvalue weighted by Crippen LogP contribution is -2.46. The number of piperazine rings is 1. The topological polar surface area (TPSA) is 66.2 Å². The van der Waals surface area contributed by atoms with E-state index in [1.165, 1.54) is 6.07 Å². The van der Waals surface area contributed by atoms with Gasteiger partial charge in [0.1, 0.15) is 17.1 Å². The third-order valence-electron chi connectivity index (χ3n) is 5.01. The second kappa shape index (κ2) is 7.32. The van der Waals surface area contributed by atoms with Crippen molar-refractivity contribution >= 4 is 16.7 Å². The zero-order valence-corrected chi connectivity index (χ0v) is 15.2. The highest BCUT2D eigenvalue weighted by Gasteiger charge is 2.20. The number of benzene rings is 2. The fraction of sp³-hybridized carbons (Fsp3) is 0.286. The third-order valence-corrected chi connectivity index (χ3v) is 5.01. The molecule has 0 spiro atoms. The zero-order chi connectivity index (χ0) is 18.8. The number of fused-ring (bicyclic) bond motifs is 1. The maximum atomic E-state index is 11.9. The molecule has 0 amide bonds. The number of phenolic OH excluding ortho intramolecular Hbond substituents is 1. The Morgan fingerprint density at radius 2 is 1.85 bits per heavy atom. The van der Waals surface area contributed by atoms with Crippen LogP contribution in [0.3, 0.4) is 0 Å². The van der Waals surface area contributed by atoms with Gasteiger partial charge in [0.2, 0.25) is 0 Å². The number of rotatable bonds is 4. The highest BCUT2D eigenvalue weighted by atomic mass is 16.5. The van der Waals surface area contributed by atoms with E-state index in [0.717, 1.165) is 48.6 Å². The van der Waals surface area contributed by atoms with Crippen molar-refractivity contribution in [3.8, 4) is 11.5 Å². The number of ether oxygens (including phenoxy) is 1. The molecule has 1 fully saturated rings. The van der Waals surface area contributed by atoms with Crippen LogP contribution < -0.4 is 15.3 Å². The summed E-state index contributed by atoms with van der Waals surface area (Å²) in [6.45, 7) is 4.23. The molecule has 0 saturated carbocycles. The monoisotopic (exact) mass is 366 g/mol. The van der Waals surface area contributed by atoms with Gasteiger partial charge in [-0.25, -0.2) is 4.79 Å². The molecule has 1 aliphatic rings. The van der Waals surface area contributed by atoms with Crippen molar-refractivity contribution in [3.05, 3.63) is 64.5 Å². The first-order valence-electron chi connectivity index (χ1n) is 9.00. The van der Waals surface area contributed by atoms with Gasteiger partial charge in [0, 0.05) is 50.2 Å². The van der Waals surface area contributed by atoms with Crippen LogP contribution in [0.2, 0.25) is 0 Å². The number of hydrogen-bond acceptors (Lipinski definition) is 6. The summed E-state index contributed by atoms with van der Waals surface area (Å²) in [6, 6.07) is 14.5. The van der Waals surface area contributed by atoms with Crippen molar-refractivity contribution in [2.75, 3.05) is 38.2 Å². The van der Waals surface area contributed by atoms with E-state index in [1.54, 1.807) is 25.3 Å². The number of hydrogen-bond donors (Lipinski definition) is 1. The van der Waals surface area contributed by atoms with Crippen LogP contribution in [0.4, 0.5) is 5.69 Å². The van der Waals surface area contributed by atoms with E-state index in [4.69, 9.17) is 9.15 Å². The lowest BCUT2D eigenvalue weighted by Gasteiger charge is -2.36. The minimum Gasteiger partial charge on any atom is -0.508 e. The van der Waals surface area contributed by atoms with Crippen LogP contribution in [0.1, 0.15) is 5.56 Å². The molecule has 1 aromatic heterocycles. The van der Waals surface area contributed by atoms with Crippen molar-refractivity contribution in [1.29, 1.82) is 0 Å². The molecule has 6 heteroatoms. The Morgan fingerprint density at radius 1 is 1.07 bits per heavy atom. The Kier molecular flexibility index (Phi) is 4.73. The summed E-state index contributed by atoms with van der Waals surface area (Å²) in [5.74, 6) is 0.977. The summed E-state index contributed by atoms with van der Waals surface area (Å²) >= 11 is 0. The van der Waals surface area contributed by atoms with Gasteiger partial charge in [-0.1, -0.05) is 12.1 Å². The maximum Gasteiger partial charge on any atom is 0.336 e. The average molecular weight is 366 g/mol. The molecule has 4 rings (SSSR count). The minimum atomic E-state index is -0.393. The van der Waals surface area contributed by atoms with Crippen molar-refractivity contribution in [1.82, 2.24) is 4.90 Å².